The molecule has 6 nitrogen and oxygen atoms in total. The molecule has 0 radical (unpaired) electrons. The summed E-state index contributed by atoms with van der Waals surface area (Å²) in [4.78, 5) is 14.0. The Morgan fingerprint density at radius 1 is 1.38 bits per heavy atom. The third-order valence-electron chi connectivity index (χ3n) is 4.34. The first-order valence-electron chi connectivity index (χ1n) is 7.78. The normalized spacial score (nSPS) is 16.5. The van der Waals surface area contributed by atoms with Crippen LogP contribution in [-0.2, 0) is 14.8 Å². The molecule has 134 valence electrons. The van der Waals surface area contributed by atoms with Gasteiger partial charge in [0, 0.05) is 31.2 Å². The Bertz CT molecular complexity index is 700. The van der Waals surface area contributed by atoms with Gasteiger partial charge < -0.3 is 9.64 Å². The number of amides is 1. The van der Waals surface area contributed by atoms with Crippen LogP contribution in [0, 0.1) is 6.92 Å². The van der Waals surface area contributed by atoms with Crippen LogP contribution in [-0.4, -0.2) is 62.6 Å². The Labute approximate surface area is 148 Å². The summed E-state index contributed by atoms with van der Waals surface area (Å²) < 4.78 is 30.1. The quantitative estimate of drug-likeness (QED) is 0.789. The molecule has 1 aliphatic heterocycles. The molecule has 1 saturated heterocycles. The highest BCUT2D eigenvalue weighted by Gasteiger charge is 2.29. The second-order valence-electron chi connectivity index (χ2n) is 6.09. The van der Waals surface area contributed by atoms with Crippen LogP contribution in [0.3, 0.4) is 0 Å². The first-order valence-corrected chi connectivity index (χ1v) is 10.0. The molecule has 1 aromatic rings. The molecule has 0 aliphatic carbocycles. The van der Waals surface area contributed by atoms with E-state index in [-0.39, 0.29) is 18.6 Å². The van der Waals surface area contributed by atoms with Crippen LogP contribution in [0.25, 0.3) is 0 Å². The number of carbonyl (C=O) groups is 1. The number of piperidine rings is 1. The fourth-order valence-electron chi connectivity index (χ4n) is 2.76. The molecule has 1 aliphatic rings. The van der Waals surface area contributed by atoms with Crippen LogP contribution in [0.2, 0.25) is 5.02 Å². The van der Waals surface area contributed by atoms with Crippen molar-refractivity contribution >= 4 is 27.5 Å². The van der Waals surface area contributed by atoms with E-state index < -0.39 is 10.0 Å². The van der Waals surface area contributed by atoms with Gasteiger partial charge in [0.25, 0.3) is 5.91 Å². The van der Waals surface area contributed by atoms with Gasteiger partial charge in [0.15, 0.2) is 6.61 Å². The Hall–Kier alpha value is -1.31. The van der Waals surface area contributed by atoms with Crippen molar-refractivity contribution in [3.63, 3.8) is 0 Å². The molecule has 0 spiro atoms. The first-order chi connectivity index (χ1) is 11.2. The van der Waals surface area contributed by atoms with E-state index in [2.05, 4.69) is 0 Å². The fraction of sp³-hybridized carbons (Fsp3) is 0.562. The molecule has 1 amide bonds. The zero-order valence-corrected chi connectivity index (χ0v) is 15.7. The Morgan fingerprint density at radius 3 is 2.54 bits per heavy atom. The van der Waals surface area contributed by atoms with Gasteiger partial charge in [-0.3, -0.25) is 4.79 Å². The van der Waals surface area contributed by atoms with Crippen molar-refractivity contribution < 1.29 is 17.9 Å². The molecule has 2 rings (SSSR count). The summed E-state index contributed by atoms with van der Waals surface area (Å²) in [5, 5.41) is 0.628. The van der Waals surface area contributed by atoms with Gasteiger partial charge in [-0.05, 0) is 43.5 Å². The lowest BCUT2D eigenvalue weighted by atomic mass is 10.1. The number of hydrogen-bond acceptors (Lipinski definition) is 4. The summed E-state index contributed by atoms with van der Waals surface area (Å²) in [6, 6.07) is 5.20. The van der Waals surface area contributed by atoms with Crippen LogP contribution in [0.4, 0.5) is 0 Å². The van der Waals surface area contributed by atoms with E-state index in [1.54, 1.807) is 30.1 Å². The van der Waals surface area contributed by atoms with E-state index in [4.69, 9.17) is 16.3 Å². The van der Waals surface area contributed by atoms with Gasteiger partial charge >= 0.3 is 0 Å². The highest BCUT2D eigenvalue weighted by Crippen LogP contribution is 2.22. The molecule has 1 heterocycles. The highest BCUT2D eigenvalue weighted by atomic mass is 35.5. The maximum absolute atomic E-state index is 12.3. The molecule has 0 saturated carbocycles. The van der Waals surface area contributed by atoms with E-state index in [0.717, 1.165) is 5.56 Å². The van der Waals surface area contributed by atoms with Crippen molar-refractivity contribution in [2.45, 2.75) is 25.8 Å². The molecule has 0 bridgehead atoms. The molecular formula is C16H23ClN2O4S. The number of halogens is 1. The second kappa shape index (κ2) is 7.72. The summed E-state index contributed by atoms with van der Waals surface area (Å²) in [6.07, 6.45) is 2.47. The third-order valence-corrected chi connectivity index (χ3v) is 5.92. The van der Waals surface area contributed by atoms with Crippen LogP contribution in [0.1, 0.15) is 18.4 Å². The smallest absolute Gasteiger partial charge is 0.260 e. The van der Waals surface area contributed by atoms with Crippen molar-refractivity contribution in [1.82, 2.24) is 9.21 Å². The van der Waals surface area contributed by atoms with Crippen molar-refractivity contribution in [3.8, 4) is 5.75 Å². The summed E-state index contributed by atoms with van der Waals surface area (Å²) in [5.41, 5.74) is 0.879. The lowest BCUT2D eigenvalue weighted by Crippen LogP contribution is -2.48. The number of sulfonamides is 1. The Kier molecular flexibility index (Phi) is 6.11. The van der Waals surface area contributed by atoms with Gasteiger partial charge in [-0.15, -0.1) is 0 Å². The minimum atomic E-state index is -3.20. The van der Waals surface area contributed by atoms with Crippen molar-refractivity contribution in [2.24, 2.45) is 0 Å². The highest BCUT2D eigenvalue weighted by molar-refractivity contribution is 7.88. The minimum Gasteiger partial charge on any atom is -0.483 e. The molecular weight excluding hydrogens is 352 g/mol. The number of rotatable bonds is 5. The predicted octanol–water partition coefficient (Wildman–Crippen LogP) is 1.91. The standard InChI is InChI=1S/C16H23ClN2O4S/c1-12-10-13(17)4-5-15(12)23-11-16(20)19-8-6-14(7-9-19)18(2)24(3,21)22/h4-5,10,14H,6-9,11H2,1-3H3. The van der Waals surface area contributed by atoms with Gasteiger partial charge in [0.1, 0.15) is 5.75 Å². The van der Waals surface area contributed by atoms with Crippen molar-refractivity contribution in [2.75, 3.05) is 33.0 Å². The summed E-state index contributed by atoms with van der Waals surface area (Å²) in [6.45, 7) is 2.91. The SMILES string of the molecule is Cc1cc(Cl)ccc1OCC(=O)N1CCC(N(C)S(C)(=O)=O)CC1. The van der Waals surface area contributed by atoms with E-state index in [9.17, 15) is 13.2 Å². The monoisotopic (exact) mass is 374 g/mol. The maximum atomic E-state index is 12.3. The molecule has 24 heavy (non-hydrogen) atoms. The number of aryl methyl sites for hydroxylation is 1. The molecule has 0 atom stereocenters. The van der Waals surface area contributed by atoms with Gasteiger partial charge in [-0.1, -0.05) is 11.6 Å². The third kappa shape index (κ3) is 4.84. The first kappa shape index (κ1) is 19.0. The van der Waals surface area contributed by atoms with Gasteiger partial charge in [0.05, 0.1) is 6.26 Å². The summed E-state index contributed by atoms with van der Waals surface area (Å²) in [5.74, 6) is 0.546. The molecule has 0 aromatic heterocycles. The zero-order valence-electron chi connectivity index (χ0n) is 14.2. The Morgan fingerprint density at radius 2 is 2.00 bits per heavy atom. The molecule has 8 heteroatoms. The summed E-state index contributed by atoms with van der Waals surface area (Å²) in [7, 11) is -1.61. The number of ether oxygens (including phenoxy) is 1. The average molecular weight is 375 g/mol. The van der Waals surface area contributed by atoms with E-state index in [0.29, 0.717) is 36.7 Å². The van der Waals surface area contributed by atoms with Crippen LogP contribution >= 0.6 is 11.6 Å². The lowest BCUT2D eigenvalue weighted by Gasteiger charge is -2.35. The predicted molar refractivity (Wildman–Crippen MR) is 93.9 cm³/mol. The maximum Gasteiger partial charge on any atom is 0.260 e. The Balaban J connectivity index is 1.85. The van der Waals surface area contributed by atoms with Crippen LogP contribution in [0.5, 0.6) is 5.75 Å². The van der Waals surface area contributed by atoms with Gasteiger partial charge in [0.2, 0.25) is 10.0 Å². The fourth-order valence-corrected chi connectivity index (χ4v) is 3.73. The lowest BCUT2D eigenvalue weighted by molar-refractivity contribution is -0.134. The molecule has 0 unspecified atom stereocenters. The van der Waals surface area contributed by atoms with Crippen molar-refractivity contribution in [1.29, 1.82) is 0 Å². The molecule has 0 N–H and O–H groups in total. The number of hydrogen-bond donors (Lipinski definition) is 0. The van der Waals surface area contributed by atoms with Crippen molar-refractivity contribution in [3.05, 3.63) is 28.8 Å². The largest absolute Gasteiger partial charge is 0.483 e. The number of carbonyl (C=O) groups excluding carboxylic acids is 1. The van der Waals surface area contributed by atoms with E-state index >= 15 is 0 Å². The zero-order chi connectivity index (χ0) is 17.9. The van der Waals surface area contributed by atoms with Gasteiger partial charge in [-0.25, -0.2) is 12.7 Å². The average Bonchev–Trinajstić information content (AvgIpc) is 2.52. The minimum absolute atomic E-state index is 0.0327. The number of benzene rings is 1. The van der Waals surface area contributed by atoms with E-state index in [1.807, 2.05) is 6.92 Å². The summed E-state index contributed by atoms with van der Waals surface area (Å²) >= 11 is 5.90. The van der Waals surface area contributed by atoms with Gasteiger partial charge in [-0.2, -0.15) is 0 Å². The topological polar surface area (TPSA) is 66.9 Å². The molecule has 1 aromatic carbocycles. The van der Waals surface area contributed by atoms with Crippen LogP contribution < -0.4 is 4.74 Å². The number of likely N-dealkylation sites (tertiary alicyclic amines) is 1. The number of nitrogens with zero attached hydrogens (tertiary/aromatic N) is 2. The van der Waals surface area contributed by atoms with Crippen LogP contribution in [0.15, 0.2) is 18.2 Å². The van der Waals surface area contributed by atoms with E-state index in [1.165, 1.54) is 10.6 Å². The molecule has 1 fully saturated rings. The second-order valence-corrected chi connectivity index (χ2v) is 8.57.